The highest BCUT2D eigenvalue weighted by Gasteiger charge is 2.31. The number of aromatic nitrogens is 2. The smallest absolute Gasteiger partial charge is 0.416 e. The van der Waals surface area contributed by atoms with E-state index in [4.69, 9.17) is 16.0 Å². The summed E-state index contributed by atoms with van der Waals surface area (Å²) < 4.78 is 43.9. The fourth-order valence-electron chi connectivity index (χ4n) is 2.05. The summed E-state index contributed by atoms with van der Waals surface area (Å²) in [7, 11) is 0. The molecule has 0 aliphatic heterocycles. The highest BCUT2D eigenvalue weighted by molar-refractivity contribution is 7.99. The second kappa shape index (κ2) is 6.05. The van der Waals surface area contributed by atoms with E-state index in [9.17, 15) is 13.2 Å². The number of oxazole rings is 1. The van der Waals surface area contributed by atoms with Gasteiger partial charge in [-0.25, -0.2) is 9.97 Å². The van der Waals surface area contributed by atoms with Crippen molar-refractivity contribution in [3.05, 3.63) is 41.0 Å². The first-order valence-electron chi connectivity index (χ1n) is 6.66. The molecule has 120 valence electrons. The molecule has 1 aromatic carbocycles. The van der Waals surface area contributed by atoms with Crippen LogP contribution in [0.25, 0.3) is 22.7 Å². The molecule has 0 aliphatic carbocycles. The van der Waals surface area contributed by atoms with Gasteiger partial charge in [-0.15, -0.1) is 11.8 Å². The SMILES string of the molecule is CCSc1ccc(Cl)nc1-c1nc2cc(C(F)(F)F)ccc2o1. The Kier molecular flexibility index (Phi) is 4.25. The van der Waals surface area contributed by atoms with Crippen molar-refractivity contribution < 1.29 is 17.6 Å². The van der Waals surface area contributed by atoms with Crippen molar-refractivity contribution in [2.75, 3.05) is 5.75 Å². The van der Waals surface area contributed by atoms with E-state index >= 15 is 0 Å². The molecule has 0 saturated carbocycles. The van der Waals surface area contributed by atoms with E-state index < -0.39 is 11.7 Å². The Bertz CT molecular complexity index is 864. The number of hydrogen-bond acceptors (Lipinski definition) is 4. The van der Waals surface area contributed by atoms with Crippen LogP contribution >= 0.6 is 23.4 Å². The highest BCUT2D eigenvalue weighted by Crippen LogP contribution is 2.35. The van der Waals surface area contributed by atoms with Crippen LogP contribution in [0.3, 0.4) is 0 Å². The van der Waals surface area contributed by atoms with E-state index in [-0.39, 0.29) is 22.1 Å². The van der Waals surface area contributed by atoms with E-state index in [1.54, 1.807) is 12.1 Å². The first kappa shape index (κ1) is 16.1. The summed E-state index contributed by atoms with van der Waals surface area (Å²) in [5.74, 6) is 0.951. The Labute approximate surface area is 138 Å². The molecular formula is C15H10ClF3N2OS. The van der Waals surface area contributed by atoms with Crippen molar-refractivity contribution in [2.45, 2.75) is 18.0 Å². The third-order valence-corrected chi connectivity index (χ3v) is 4.18. The third-order valence-electron chi connectivity index (χ3n) is 3.04. The molecule has 2 heterocycles. The quantitative estimate of drug-likeness (QED) is 0.446. The van der Waals surface area contributed by atoms with Crippen LogP contribution in [0, 0.1) is 0 Å². The minimum atomic E-state index is -4.43. The lowest BCUT2D eigenvalue weighted by molar-refractivity contribution is -0.137. The number of nitrogens with zero attached hydrogens (tertiary/aromatic N) is 2. The van der Waals surface area contributed by atoms with E-state index in [0.717, 1.165) is 22.8 Å². The van der Waals surface area contributed by atoms with Crippen molar-refractivity contribution in [1.29, 1.82) is 0 Å². The Hall–Kier alpha value is -1.73. The van der Waals surface area contributed by atoms with Crippen LogP contribution < -0.4 is 0 Å². The molecule has 0 radical (unpaired) electrons. The average Bonchev–Trinajstić information content (AvgIpc) is 2.91. The lowest BCUT2D eigenvalue weighted by atomic mass is 10.2. The Balaban J connectivity index is 2.12. The fourth-order valence-corrected chi connectivity index (χ4v) is 2.95. The van der Waals surface area contributed by atoms with Gasteiger partial charge in [0.25, 0.3) is 0 Å². The molecule has 3 nitrogen and oxygen atoms in total. The zero-order valence-electron chi connectivity index (χ0n) is 11.8. The number of fused-ring (bicyclic) bond motifs is 1. The summed E-state index contributed by atoms with van der Waals surface area (Å²) in [4.78, 5) is 9.14. The summed E-state index contributed by atoms with van der Waals surface area (Å²) in [5, 5.41) is 0.263. The Morgan fingerprint density at radius 1 is 1.17 bits per heavy atom. The van der Waals surface area contributed by atoms with Gasteiger partial charge in [-0.2, -0.15) is 13.2 Å². The zero-order chi connectivity index (χ0) is 16.6. The van der Waals surface area contributed by atoms with Gasteiger partial charge >= 0.3 is 6.18 Å². The van der Waals surface area contributed by atoms with Crippen LogP contribution in [-0.2, 0) is 6.18 Å². The summed E-state index contributed by atoms with van der Waals surface area (Å²) in [6.07, 6.45) is -4.43. The Morgan fingerprint density at radius 3 is 2.65 bits per heavy atom. The molecule has 0 spiro atoms. The fraction of sp³-hybridized carbons (Fsp3) is 0.200. The standard InChI is InChI=1S/C15H10ClF3N2OS/c1-2-23-11-5-6-12(16)21-13(11)14-20-9-7-8(15(17,18)19)3-4-10(9)22-14/h3-7H,2H2,1H3. The molecule has 0 saturated heterocycles. The van der Waals surface area contributed by atoms with Gasteiger partial charge in [0, 0.05) is 4.90 Å². The van der Waals surface area contributed by atoms with Crippen molar-refractivity contribution in [2.24, 2.45) is 0 Å². The third kappa shape index (κ3) is 3.30. The maximum absolute atomic E-state index is 12.8. The van der Waals surface area contributed by atoms with Crippen LogP contribution in [0.5, 0.6) is 0 Å². The van der Waals surface area contributed by atoms with Gasteiger partial charge in [-0.05, 0) is 36.1 Å². The second-order valence-electron chi connectivity index (χ2n) is 4.61. The minimum absolute atomic E-state index is 0.129. The van der Waals surface area contributed by atoms with Gasteiger partial charge in [-0.1, -0.05) is 18.5 Å². The molecule has 3 rings (SSSR count). The minimum Gasteiger partial charge on any atom is -0.435 e. The largest absolute Gasteiger partial charge is 0.435 e. The predicted molar refractivity (Wildman–Crippen MR) is 83.7 cm³/mol. The number of rotatable bonds is 3. The average molecular weight is 359 g/mol. The zero-order valence-corrected chi connectivity index (χ0v) is 13.4. The van der Waals surface area contributed by atoms with E-state index in [2.05, 4.69) is 9.97 Å². The predicted octanol–water partition coefficient (Wildman–Crippen LogP) is 5.67. The highest BCUT2D eigenvalue weighted by atomic mass is 35.5. The van der Waals surface area contributed by atoms with Crippen LogP contribution in [0.1, 0.15) is 12.5 Å². The van der Waals surface area contributed by atoms with E-state index in [1.165, 1.54) is 17.8 Å². The normalized spacial score (nSPS) is 12.0. The van der Waals surface area contributed by atoms with E-state index in [1.807, 2.05) is 6.92 Å². The molecule has 23 heavy (non-hydrogen) atoms. The van der Waals surface area contributed by atoms with Gasteiger partial charge in [0.1, 0.15) is 16.4 Å². The van der Waals surface area contributed by atoms with Gasteiger partial charge in [0.05, 0.1) is 5.56 Å². The summed E-state index contributed by atoms with van der Waals surface area (Å²) in [6.45, 7) is 1.98. The lowest BCUT2D eigenvalue weighted by Gasteiger charge is -2.04. The van der Waals surface area contributed by atoms with Crippen molar-refractivity contribution >= 4 is 34.5 Å². The molecule has 0 atom stereocenters. The molecule has 0 bridgehead atoms. The number of thioether (sulfide) groups is 1. The van der Waals surface area contributed by atoms with E-state index in [0.29, 0.717) is 5.69 Å². The summed E-state index contributed by atoms with van der Waals surface area (Å²) in [6, 6.07) is 6.61. The van der Waals surface area contributed by atoms with Gasteiger partial charge in [-0.3, -0.25) is 0 Å². The monoisotopic (exact) mass is 358 g/mol. The second-order valence-corrected chi connectivity index (χ2v) is 6.31. The summed E-state index contributed by atoms with van der Waals surface area (Å²) in [5.41, 5.74) is 0.0486. The van der Waals surface area contributed by atoms with Crippen LogP contribution in [0.4, 0.5) is 13.2 Å². The van der Waals surface area contributed by atoms with Crippen LogP contribution in [0.2, 0.25) is 5.15 Å². The first-order valence-corrected chi connectivity index (χ1v) is 8.02. The Morgan fingerprint density at radius 2 is 1.96 bits per heavy atom. The van der Waals surface area contributed by atoms with Crippen LogP contribution in [0.15, 0.2) is 39.6 Å². The summed E-state index contributed by atoms with van der Waals surface area (Å²) >= 11 is 7.43. The molecule has 0 amide bonds. The van der Waals surface area contributed by atoms with Crippen molar-refractivity contribution in [3.63, 3.8) is 0 Å². The molecule has 2 aromatic heterocycles. The van der Waals surface area contributed by atoms with Gasteiger partial charge in [0.15, 0.2) is 5.58 Å². The first-order chi connectivity index (χ1) is 10.9. The molecule has 0 aliphatic rings. The number of halogens is 4. The lowest BCUT2D eigenvalue weighted by Crippen LogP contribution is -2.03. The maximum Gasteiger partial charge on any atom is 0.416 e. The van der Waals surface area contributed by atoms with Gasteiger partial charge in [0.2, 0.25) is 5.89 Å². The molecule has 0 fully saturated rings. The molecule has 0 N–H and O–H groups in total. The molecular weight excluding hydrogens is 349 g/mol. The molecule has 0 unspecified atom stereocenters. The molecule has 8 heteroatoms. The number of pyridine rings is 1. The number of alkyl halides is 3. The van der Waals surface area contributed by atoms with Crippen LogP contribution in [-0.4, -0.2) is 15.7 Å². The molecule has 3 aromatic rings. The number of benzene rings is 1. The maximum atomic E-state index is 12.8. The van der Waals surface area contributed by atoms with Crippen molar-refractivity contribution in [1.82, 2.24) is 9.97 Å². The van der Waals surface area contributed by atoms with Crippen molar-refractivity contribution in [3.8, 4) is 11.6 Å². The number of hydrogen-bond donors (Lipinski definition) is 0. The topological polar surface area (TPSA) is 38.9 Å². The van der Waals surface area contributed by atoms with Gasteiger partial charge < -0.3 is 4.42 Å².